The van der Waals surface area contributed by atoms with Crippen molar-refractivity contribution in [2.24, 2.45) is 0 Å². The Labute approximate surface area is 199 Å². The Morgan fingerprint density at radius 3 is 2.35 bits per heavy atom. The van der Waals surface area contributed by atoms with Crippen LogP contribution in [0.5, 0.6) is 17.2 Å². The molecule has 0 saturated carbocycles. The van der Waals surface area contributed by atoms with Crippen LogP contribution >= 0.6 is 0 Å². The Morgan fingerprint density at radius 2 is 1.68 bits per heavy atom. The van der Waals surface area contributed by atoms with Gasteiger partial charge in [0.2, 0.25) is 0 Å². The average molecular weight is 483 g/mol. The van der Waals surface area contributed by atoms with E-state index >= 15 is 0 Å². The van der Waals surface area contributed by atoms with E-state index in [1.165, 1.54) is 18.5 Å². The first-order valence-corrected chi connectivity index (χ1v) is 12.1. The summed E-state index contributed by atoms with van der Waals surface area (Å²) in [6.45, 7) is 3.56. The number of carbonyl (C=O) groups is 1. The number of aryl methyl sites for hydroxylation is 2. The molecule has 8 nitrogen and oxygen atoms in total. The molecular formula is C25H26N2O6S. The maximum Gasteiger partial charge on any atom is 0.267 e. The van der Waals surface area contributed by atoms with Crippen molar-refractivity contribution in [1.29, 1.82) is 0 Å². The van der Waals surface area contributed by atoms with Crippen molar-refractivity contribution >= 4 is 27.3 Å². The van der Waals surface area contributed by atoms with Gasteiger partial charge in [0.1, 0.15) is 17.2 Å². The number of nitrogens with one attached hydrogen (secondary N) is 1. The molecule has 1 heterocycles. The zero-order chi connectivity index (χ0) is 24.5. The molecule has 0 fully saturated rings. The maximum absolute atomic E-state index is 13.6. The monoisotopic (exact) mass is 482 g/mol. The maximum atomic E-state index is 13.6. The number of amides is 1. The molecule has 1 aliphatic rings. The fraction of sp³-hybridized carbons (Fsp3) is 0.240. The zero-order valence-electron chi connectivity index (χ0n) is 19.4. The van der Waals surface area contributed by atoms with Crippen molar-refractivity contribution in [3.05, 3.63) is 71.8 Å². The lowest BCUT2D eigenvalue weighted by molar-refractivity contribution is -0.122. The van der Waals surface area contributed by atoms with Gasteiger partial charge in [-0.1, -0.05) is 23.8 Å². The normalized spacial score (nSPS) is 15.2. The molecule has 34 heavy (non-hydrogen) atoms. The molecule has 1 unspecified atom stereocenters. The zero-order valence-corrected chi connectivity index (χ0v) is 20.2. The van der Waals surface area contributed by atoms with Crippen LogP contribution in [0.25, 0.3) is 0 Å². The molecule has 1 aliphatic heterocycles. The molecule has 4 rings (SSSR count). The lowest BCUT2D eigenvalue weighted by Crippen LogP contribution is -2.48. The number of methoxy groups -OCH3 is 2. The molecule has 0 spiro atoms. The van der Waals surface area contributed by atoms with Gasteiger partial charge in [-0.25, -0.2) is 8.42 Å². The van der Waals surface area contributed by atoms with Crippen molar-refractivity contribution in [3.8, 4) is 17.2 Å². The van der Waals surface area contributed by atoms with Gasteiger partial charge in [-0.15, -0.1) is 0 Å². The largest absolute Gasteiger partial charge is 0.497 e. The highest BCUT2D eigenvalue weighted by molar-refractivity contribution is 7.92. The second-order valence-corrected chi connectivity index (χ2v) is 9.84. The predicted octanol–water partition coefficient (Wildman–Crippen LogP) is 3.92. The van der Waals surface area contributed by atoms with Crippen LogP contribution in [-0.2, 0) is 14.8 Å². The molecular weight excluding hydrogens is 456 g/mol. The smallest absolute Gasteiger partial charge is 0.267 e. The van der Waals surface area contributed by atoms with Crippen LogP contribution in [0.15, 0.2) is 65.6 Å². The quantitative estimate of drug-likeness (QED) is 0.573. The summed E-state index contributed by atoms with van der Waals surface area (Å²) < 4.78 is 44.9. The summed E-state index contributed by atoms with van der Waals surface area (Å²) in [5.41, 5.74) is 2.59. The highest BCUT2D eigenvalue weighted by atomic mass is 32.2. The molecule has 0 radical (unpaired) electrons. The van der Waals surface area contributed by atoms with Gasteiger partial charge in [-0.3, -0.25) is 9.10 Å². The van der Waals surface area contributed by atoms with Gasteiger partial charge in [0, 0.05) is 6.07 Å². The van der Waals surface area contributed by atoms with Crippen molar-refractivity contribution in [2.45, 2.75) is 24.8 Å². The Kier molecular flexibility index (Phi) is 6.39. The van der Waals surface area contributed by atoms with Gasteiger partial charge in [0.25, 0.3) is 15.9 Å². The van der Waals surface area contributed by atoms with Gasteiger partial charge >= 0.3 is 0 Å². The SMILES string of the molecule is COc1ccc(OC)c(NC(=O)C2CN(S(=O)(=O)c3ccc(C)cc3)c3ccc(C)cc3O2)c1. The summed E-state index contributed by atoms with van der Waals surface area (Å²) in [5, 5.41) is 2.78. The van der Waals surface area contributed by atoms with E-state index < -0.39 is 22.0 Å². The van der Waals surface area contributed by atoms with E-state index in [2.05, 4.69) is 5.32 Å². The van der Waals surface area contributed by atoms with Crippen LogP contribution in [0.4, 0.5) is 11.4 Å². The standard InChI is InChI=1S/C25H26N2O6S/c1-16-5-9-19(10-6-16)34(29,30)27-15-24(33-23-13-17(2)7-11-21(23)27)25(28)26-20-14-18(31-3)8-12-22(20)32-4/h5-14,24H,15H2,1-4H3,(H,26,28). The van der Waals surface area contributed by atoms with Crippen molar-refractivity contribution in [2.75, 3.05) is 30.4 Å². The van der Waals surface area contributed by atoms with Crippen LogP contribution in [-0.4, -0.2) is 41.2 Å². The molecule has 1 N–H and O–H groups in total. The topological polar surface area (TPSA) is 94.2 Å². The van der Waals surface area contributed by atoms with E-state index in [0.717, 1.165) is 11.1 Å². The Balaban J connectivity index is 1.69. The van der Waals surface area contributed by atoms with Crippen LogP contribution in [0.3, 0.4) is 0 Å². The molecule has 178 valence electrons. The molecule has 1 amide bonds. The fourth-order valence-electron chi connectivity index (χ4n) is 3.69. The summed E-state index contributed by atoms with van der Waals surface area (Å²) in [6, 6.07) is 16.8. The number of rotatable bonds is 6. The number of hydrogen-bond donors (Lipinski definition) is 1. The first kappa shape index (κ1) is 23.4. The van der Waals surface area contributed by atoms with Gasteiger partial charge in [0.05, 0.1) is 37.0 Å². The molecule has 3 aromatic carbocycles. The number of ether oxygens (including phenoxy) is 3. The molecule has 0 aliphatic carbocycles. The number of benzene rings is 3. The minimum atomic E-state index is -3.94. The van der Waals surface area contributed by atoms with E-state index in [-0.39, 0.29) is 11.4 Å². The molecule has 1 atom stereocenters. The molecule has 3 aromatic rings. The summed E-state index contributed by atoms with van der Waals surface area (Å²) in [4.78, 5) is 13.4. The van der Waals surface area contributed by atoms with Crippen LogP contribution < -0.4 is 23.8 Å². The van der Waals surface area contributed by atoms with E-state index in [0.29, 0.717) is 28.6 Å². The van der Waals surface area contributed by atoms with Crippen molar-refractivity contribution in [1.82, 2.24) is 0 Å². The molecule has 0 aromatic heterocycles. The van der Waals surface area contributed by atoms with Crippen LogP contribution in [0.2, 0.25) is 0 Å². The third-order valence-electron chi connectivity index (χ3n) is 5.55. The average Bonchev–Trinajstić information content (AvgIpc) is 2.83. The number of carbonyl (C=O) groups excluding carboxylic acids is 1. The van der Waals surface area contributed by atoms with E-state index in [9.17, 15) is 13.2 Å². The second kappa shape index (κ2) is 9.26. The minimum Gasteiger partial charge on any atom is -0.497 e. The lowest BCUT2D eigenvalue weighted by Gasteiger charge is -2.35. The second-order valence-electron chi connectivity index (χ2n) is 7.98. The summed E-state index contributed by atoms with van der Waals surface area (Å²) in [5.74, 6) is 0.776. The van der Waals surface area contributed by atoms with Crippen LogP contribution in [0.1, 0.15) is 11.1 Å². The highest BCUT2D eigenvalue weighted by Crippen LogP contribution is 2.38. The van der Waals surface area contributed by atoms with E-state index in [1.54, 1.807) is 60.7 Å². The number of nitrogens with zero attached hydrogens (tertiary/aromatic N) is 1. The summed E-state index contributed by atoms with van der Waals surface area (Å²) >= 11 is 0. The number of sulfonamides is 1. The van der Waals surface area contributed by atoms with Crippen molar-refractivity contribution in [3.63, 3.8) is 0 Å². The first-order chi connectivity index (χ1) is 16.2. The van der Waals surface area contributed by atoms with Gasteiger partial charge in [0.15, 0.2) is 6.10 Å². The predicted molar refractivity (Wildman–Crippen MR) is 129 cm³/mol. The summed E-state index contributed by atoms with van der Waals surface area (Å²) in [7, 11) is -0.931. The Bertz CT molecular complexity index is 1320. The lowest BCUT2D eigenvalue weighted by atomic mass is 10.1. The van der Waals surface area contributed by atoms with Gasteiger partial charge in [-0.2, -0.15) is 0 Å². The van der Waals surface area contributed by atoms with Crippen molar-refractivity contribution < 1.29 is 27.4 Å². The molecule has 0 bridgehead atoms. The number of anilines is 2. The summed E-state index contributed by atoms with van der Waals surface area (Å²) in [6.07, 6.45) is -1.09. The Morgan fingerprint density at radius 1 is 0.971 bits per heavy atom. The minimum absolute atomic E-state index is 0.139. The molecule has 0 saturated heterocycles. The third-order valence-corrected chi connectivity index (χ3v) is 7.34. The third kappa shape index (κ3) is 4.51. The van der Waals surface area contributed by atoms with E-state index in [1.807, 2.05) is 13.8 Å². The van der Waals surface area contributed by atoms with Gasteiger partial charge < -0.3 is 19.5 Å². The van der Waals surface area contributed by atoms with Crippen LogP contribution in [0, 0.1) is 13.8 Å². The fourth-order valence-corrected chi connectivity index (χ4v) is 5.16. The highest BCUT2D eigenvalue weighted by Gasteiger charge is 2.38. The van der Waals surface area contributed by atoms with Gasteiger partial charge in [-0.05, 0) is 55.8 Å². The first-order valence-electron chi connectivity index (χ1n) is 10.6. The number of hydrogen-bond acceptors (Lipinski definition) is 6. The van der Waals surface area contributed by atoms with E-state index in [4.69, 9.17) is 14.2 Å². The number of fused-ring (bicyclic) bond motifs is 1. The molecule has 9 heteroatoms. The Hall–Kier alpha value is -3.72.